The Morgan fingerprint density at radius 2 is 1.96 bits per heavy atom. The molecule has 1 aliphatic heterocycles. The van der Waals surface area contributed by atoms with Gasteiger partial charge in [0.2, 0.25) is 0 Å². The van der Waals surface area contributed by atoms with Crippen molar-refractivity contribution in [2.75, 3.05) is 4.90 Å². The number of carbonyl (C=O) groups excluding carboxylic acids is 1. The third-order valence-corrected chi connectivity index (χ3v) is 4.50. The number of nitrogens with zero attached hydrogens (tertiary/aromatic N) is 3. The van der Waals surface area contributed by atoms with Crippen molar-refractivity contribution in [1.29, 1.82) is 0 Å². The quantitative estimate of drug-likeness (QED) is 0.681. The SMILES string of the molecule is CC(=O)c1cccc(N2Cc3cn(Cc4ccc(F)cc4)nc3C2)c1. The van der Waals surface area contributed by atoms with Crippen LogP contribution in [0.1, 0.15) is 34.1 Å². The molecule has 0 unspecified atom stereocenters. The first-order valence-electron chi connectivity index (χ1n) is 8.24. The Morgan fingerprint density at radius 1 is 1.16 bits per heavy atom. The van der Waals surface area contributed by atoms with Gasteiger partial charge in [-0.1, -0.05) is 24.3 Å². The zero-order chi connectivity index (χ0) is 17.4. The van der Waals surface area contributed by atoms with Gasteiger partial charge in [-0.2, -0.15) is 5.10 Å². The number of carbonyl (C=O) groups is 1. The van der Waals surface area contributed by atoms with E-state index in [4.69, 9.17) is 0 Å². The molecule has 0 amide bonds. The van der Waals surface area contributed by atoms with Gasteiger partial charge in [0.1, 0.15) is 5.82 Å². The van der Waals surface area contributed by atoms with E-state index < -0.39 is 0 Å². The van der Waals surface area contributed by atoms with Crippen LogP contribution in [0, 0.1) is 5.82 Å². The summed E-state index contributed by atoms with van der Waals surface area (Å²) in [7, 11) is 0. The van der Waals surface area contributed by atoms with Gasteiger partial charge in [-0.05, 0) is 36.8 Å². The Hall–Kier alpha value is -2.95. The van der Waals surface area contributed by atoms with Crippen LogP contribution in [0.3, 0.4) is 0 Å². The highest BCUT2D eigenvalue weighted by atomic mass is 19.1. The van der Waals surface area contributed by atoms with Crippen molar-refractivity contribution in [2.24, 2.45) is 0 Å². The lowest BCUT2D eigenvalue weighted by molar-refractivity contribution is 0.101. The van der Waals surface area contributed by atoms with Gasteiger partial charge in [-0.25, -0.2) is 4.39 Å². The molecule has 0 N–H and O–H groups in total. The van der Waals surface area contributed by atoms with Crippen LogP contribution in [-0.4, -0.2) is 15.6 Å². The first kappa shape index (κ1) is 15.6. The normalized spacial score (nSPS) is 13.1. The second kappa shape index (κ2) is 6.16. The van der Waals surface area contributed by atoms with E-state index in [0.29, 0.717) is 6.54 Å². The third kappa shape index (κ3) is 3.18. The summed E-state index contributed by atoms with van der Waals surface area (Å²) in [4.78, 5) is 13.8. The third-order valence-electron chi connectivity index (χ3n) is 4.50. The molecule has 0 aliphatic carbocycles. The number of fused-ring (bicyclic) bond motifs is 1. The van der Waals surface area contributed by atoms with Crippen LogP contribution in [0.25, 0.3) is 0 Å². The number of benzene rings is 2. The zero-order valence-electron chi connectivity index (χ0n) is 13.9. The number of hydrogen-bond acceptors (Lipinski definition) is 3. The van der Waals surface area contributed by atoms with E-state index in [1.54, 1.807) is 19.1 Å². The highest BCUT2D eigenvalue weighted by Gasteiger charge is 2.23. The Kier molecular flexibility index (Phi) is 3.84. The maximum absolute atomic E-state index is 13.0. The van der Waals surface area contributed by atoms with Gasteiger partial charge >= 0.3 is 0 Å². The molecule has 126 valence electrons. The monoisotopic (exact) mass is 335 g/mol. The summed E-state index contributed by atoms with van der Waals surface area (Å²) in [5.74, 6) is -0.154. The van der Waals surface area contributed by atoms with Gasteiger partial charge in [0, 0.05) is 29.6 Å². The largest absolute Gasteiger partial charge is 0.361 e. The molecule has 0 fully saturated rings. The zero-order valence-corrected chi connectivity index (χ0v) is 13.9. The maximum atomic E-state index is 13.0. The minimum Gasteiger partial charge on any atom is -0.361 e. The fourth-order valence-corrected chi connectivity index (χ4v) is 3.17. The summed E-state index contributed by atoms with van der Waals surface area (Å²) in [5, 5.41) is 4.66. The van der Waals surface area contributed by atoms with Crippen molar-refractivity contribution in [3.8, 4) is 0 Å². The summed E-state index contributed by atoms with van der Waals surface area (Å²) >= 11 is 0. The molecule has 5 heteroatoms. The van der Waals surface area contributed by atoms with Crippen LogP contribution >= 0.6 is 0 Å². The topological polar surface area (TPSA) is 38.1 Å². The van der Waals surface area contributed by atoms with Crippen LogP contribution in [-0.2, 0) is 19.6 Å². The molecule has 2 aromatic carbocycles. The molecular weight excluding hydrogens is 317 g/mol. The molecule has 0 saturated heterocycles. The van der Waals surface area contributed by atoms with Crippen LogP contribution < -0.4 is 4.90 Å². The fourth-order valence-electron chi connectivity index (χ4n) is 3.17. The van der Waals surface area contributed by atoms with Crippen LogP contribution in [0.2, 0.25) is 0 Å². The molecule has 2 heterocycles. The predicted octanol–water partition coefficient (Wildman–Crippen LogP) is 3.79. The molecule has 4 rings (SSSR count). The van der Waals surface area contributed by atoms with E-state index in [1.165, 1.54) is 17.7 Å². The molecule has 1 aromatic heterocycles. The van der Waals surface area contributed by atoms with Crippen LogP contribution in [0.5, 0.6) is 0 Å². The van der Waals surface area contributed by atoms with E-state index >= 15 is 0 Å². The molecule has 25 heavy (non-hydrogen) atoms. The smallest absolute Gasteiger partial charge is 0.159 e. The van der Waals surface area contributed by atoms with Crippen LogP contribution in [0.15, 0.2) is 54.7 Å². The second-order valence-electron chi connectivity index (χ2n) is 6.39. The Balaban J connectivity index is 1.49. The Labute approximate surface area is 145 Å². The fraction of sp³-hybridized carbons (Fsp3) is 0.200. The Bertz CT molecular complexity index is 907. The van der Waals surface area contributed by atoms with Crippen molar-refractivity contribution in [1.82, 2.24) is 9.78 Å². The van der Waals surface area contributed by atoms with E-state index in [9.17, 15) is 9.18 Å². The van der Waals surface area contributed by atoms with Gasteiger partial charge in [-0.3, -0.25) is 9.48 Å². The van der Waals surface area contributed by atoms with E-state index in [0.717, 1.165) is 35.6 Å². The average molecular weight is 335 g/mol. The number of ketones is 1. The molecule has 0 bridgehead atoms. The number of halogens is 1. The summed E-state index contributed by atoms with van der Waals surface area (Å²) in [6.45, 7) is 3.72. The summed E-state index contributed by atoms with van der Waals surface area (Å²) < 4.78 is 14.9. The standard InChI is InChI=1S/C20H18FN3O/c1-14(25)16-3-2-4-19(9-16)23-11-17-12-24(22-20(17)13-23)10-15-5-7-18(21)8-6-15/h2-9,12H,10-11,13H2,1H3. The van der Waals surface area contributed by atoms with Gasteiger partial charge in [0.15, 0.2) is 5.78 Å². The summed E-state index contributed by atoms with van der Waals surface area (Å²) in [6.07, 6.45) is 2.05. The number of Topliss-reactive ketones (excluding diaryl/α,β-unsaturated/α-hetero) is 1. The second-order valence-corrected chi connectivity index (χ2v) is 6.39. The van der Waals surface area contributed by atoms with Crippen molar-refractivity contribution in [2.45, 2.75) is 26.6 Å². The van der Waals surface area contributed by atoms with Gasteiger partial charge in [0.25, 0.3) is 0 Å². The van der Waals surface area contributed by atoms with E-state index in [2.05, 4.69) is 10.00 Å². The molecule has 1 aliphatic rings. The number of rotatable bonds is 4. The average Bonchev–Trinajstić information content (AvgIpc) is 3.15. The van der Waals surface area contributed by atoms with Gasteiger partial charge in [0.05, 0.1) is 18.8 Å². The highest BCUT2D eigenvalue weighted by molar-refractivity contribution is 5.95. The lowest BCUT2D eigenvalue weighted by atomic mass is 10.1. The predicted molar refractivity (Wildman–Crippen MR) is 94.1 cm³/mol. The maximum Gasteiger partial charge on any atom is 0.159 e. The van der Waals surface area contributed by atoms with E-state index in [1.807, 2.05) is 35.1 Å². The van der Waals surface area contributed by atoms with Crippen molar-refractivity contribution in [3.63, 3.8) is 0 Å². The number of anilines is 1. The van der Waals surface area contributed by atoms with Crippen LogP contribution in [0.4, 0.5) is 10.1 Å². The summed E-state index contributed by atoms with van der Waals surface area (Å²) in [5.41, 5.74) is 5.03. The molecule has 4 nitrogen and oxygen atoms in total. The lowest BCUT2D eigenvalue weighted by Gasteiger charge is -2.18. The minimum absolute atomic E-state index is 0.0725. The van der Waals surface area contributed by atoms with Gasteiger partial charge < -0.3 is 4.90 Å². The summed E-state index contributed by atoms with van der Waals surface area (Å²) in [6, 6.07) is 14.2. The van der Waals surface area contributed by atoms with Crippen molar-refractivity contribution < 1.29 is 9.18 Å². The van der Waals surface area contributed by atoms with Gasteiger partial charge in [-0.15, -0.1) is 0 Å². The lowest BCUT2D eigenvalue weighted by Crippen LogP contribution is -2.16. The van der Waals surface area contributed by atoms with E-state index in [-0.39, 0.29) is 11.6 Å². The molecule has 3 aromatic rings. The minimum atomic E-state index is -0.227. The molecule has 0 atom stereocenters. The number of hydrogen-bond donors (Lipinski definition) is 0. The van der Waals surface area contributed by atoms with Crippen molar-refractivity contribution in [3.05, 3.63) is 82.9 Å². The molecule has 0 spiro atoms. The molecule has 0 saturated carbocycles. The molecular formula is C20H18FN3O. The highest BCUT2D eigenvalue weighted by Crippen LogP contribution is 2.28. The molecule has 0 radical (unpaired) electrons. The number of aromatic nitrogens is 2. The first-order chi connectivity index (χ1) is 12.1. The first-order valence-corrected chi connectivity index (χ1v) is 8.24. The van der Waals surface area contributed by atoms with Crippen molar-refractivity contribution >= 4 is 11.5 Å². The Morgan fingerprint density at radius 3 is 2.68 bits per heavy atom.